The van der Waals surface area contributed by atoms with Crippen LogP contribution in [0.4, 0.5) is 18.9 Å². The number of thiocarbonyl (C=S) groups is 1. The molecule has 0 amide bonds. The number of alkyl halides is 3. The van der Waals surface area contributed by atoms with Crippen LogP contribution in [0.1, 0.15) is 44.6 Å². The Kier molecular flexibility index (Phi) is 6.63. The molecule has 0 aromatic heterocycles. The molecule has 150 valence electrons. The molecule has 7 heteroatoms. The van der Waals surface area contributed by atoms with E-state index in [1.165, 1.54) is 44.7 Å². The molecule has 0 bridgehead atoms. The second-order valence-electron chi connectivity index (χ2n) is 8.05. The summed E-state index contributed by atoms with van der Waals surface area (Å²) in [5.41, 5.74) is -0.316. The second kappa shape index (κ2) is 8.78. The molecule has 0 radical (unpaired) electrons. The van der Waals surface area contributed by atoms with Gasteiger partial charge in [0.2, 0.25) is 0 Å². The highest BCUT2D eigenvalue weighted by molar-refractivity contribution is 7.80. The molecular weight excluding hydrogens is 371 g/mol. The number of quaternary nitrogens is 1. The molecule has 1 aliphatic heterocycles. The maximum absolute atomic E-state index is 12.8. The lowest BCUT2D eigenvalue weighted by atomic mass is 9.85. The van der Waals surface area contributed by atoms with Crippen LogP contribution < -0.4 is 15.5 Å². The third-order valence-corrected chi connectivity index (χ3v) is 6.31. The molecule has 1 aromatic carbocycles. The average molecular weight is 401 g/mol. The number of likely N-dealkylation sites (tertiary alicyclic amines) is 1. The van der Waals surface area contributed by atoms with Crippen molar-refractivity contribution < 1.29 is 18.1 Å². The van der Waals surface area contributed by atoms with Gasteiger partial charge in [0.25, 0.3) is 0 Å². The van der Waals surface area contributed by atoms with Gasteiger partial charge in [0, 0.05) is 30.5 Å². The number of halogens is 3. The van der Waals surface area contributed by atoms with Gasteiger partial charge in [-0.1, -0.05) is 19.4 Å². The number of nitrogens with one attached hydrogen (secondary N) is 3. The zero-order valence-corrected chi connectivity index (χ0v) is 16.6. The van der Waals surface area contributed by atoms with Gasteiger partial charge in [-0.2, -0.15) is 13.2 Å². The van der Waals surface area contributed by atoms with Crippen molar-refractivity contribution in [3.63, 3.8) is 0 Å². The first-order valence-corrected chi connectivity index (χ1v) is 10.3. The zero-order valence-electron chi connectivity index (χ0n) is 15.7. The van der Waals surface area contributed by atoms with Crippen LogP contribution in [0.3, 0.4) is 0 Å². The molecule has 1 heterocycles. The largest absolute Gasteiger partial charge is 0.416 e. The third-order valence-electron chi connectivity index (χ3n) is 6.06. The Balaban J connectivity index is 1.45. The first-order chi connectivity index (χ1) is 12.8. The summed E-state index contributed by atoms with van der Waals surface area (Å²) in [4.78, 5) is 1.73. The van der Waals surface area contributed by atoms with Crippen LogP contribution in [0.5, 0.6) is 0 Å². The molecule has 4 atom stereocenters. The molecular formula is C20H29F3N3S+. The standard InChI is InChI=1S/C20H28F3N3S/c1-14-5-2-3-8-18(14)26-10-9-15(13-26)12-24-19(27)25-17-7-4-6-16(11-17)20(21,22)23/h4,6-7,11,14-15,18H,2-3,5,8-10,12-13H2,1H3,(H2,24,25,27)/p+1. The van der Waals surface area contributed by atoms with Gasteiger partial charge in [0.15, 0.2) is 5.11 Å². The Hall–Kier alpha value is -1.34. The SMILES string of the molecule is CC1CCCCC1[NH+]1CCC(CNC(=S)Nc2cccc(C(F)(F)F)c2)C1. The molecule has 0 spiro atoms. The van der Waals surface area contributed by atoms with Crippen molar-refractivity contribution >= 4 is 23.0 Å². The van der Waals surface area contributed by atoms with E-state index in [-0.39, 0.29) is 0 Å². The van der Waals surface area contributed by atoms with E-state index in [9.17, 15) is 13.2 Å². The fourth-order valence-electron chi connectivity index (χ4n) is 4.58. The van der Waals surface area contributed by atoms with Crippen molar-refractivity contribution in [2.24, 2.45) is 11.8 Å². The quantitative estimate of drug-likeness (QED) is 0.676. The normalized spacial score (nSPS) is 28.7. The van der Waals surface area contributed by atoms with Gasteiger partial charge in [-0.15, -0.1) is 0 Å². The predicted octanol–water partition coefficient (Wildman–Crippen LogP) is 3.48. The minimum Gasteiger partial charge on any atom is -0.362 e. The lowest BCUT2D eigenvalue weighted by molar-refractivity contribution is -0.920. The van der Waals surface area contributed by atoms with Crippen LogP contribution in [-0.2, 0) is 6.18 Å². The van der Waals surface area contributed by atoms with Gasteiger partial charge in [-0.25, -0.2) is 0 Å². The number of hydrogen-bond donors (Lipinski definition) is 3. The smallest absolute Gasteiger partial charge is 0.362 e. The van der Waals surface area contributed by atoms with Gasteiger partial charge < -0.3 is 15.5 Å². The molecule has 27 heavy (non-hydrogen) atoms. The molecule has 3 rings (SSSR count). The fourth-order valence-corrected chi connectivity index (χ4v) is 4.78. The summed E-state index contributed by atoms with van der Waals surface area (Å²) in [6.45, 7) is 5.54. The summed E-state index contributed by atoms with van der Waals surface area (Å²) in [5.74, 6) is 1.37. The van der Waals surface area contributed by atoms with E-state index < -0.39 is 11.7 Å². The zero-order chi connectivity index (χ0) is 19.4. The van der Waals surface area contributed by atoms with Crippen LogP contribution in [-0.4, -0.2) is 30.8 Å². The van der Waals surface area contributed by atoms with Gasteiger partial charge in [0.1, 0.15) is 0 Å². The number of benzene rings is 1. The molecule has 1 aliphatic carbocycles. The molecule has 2 aliphatic rings. The molecule has 1 aromatic rings. The second-order valence-corrected chi connectivity index (χ2v) is 8.46. The van der Waals surface area contributed by atoms with Crippen LogP contribution in [0.2, 0.25) is 0 Å². The van der Waals surface area contributed by atoms with E-state index in [1.807, 2.05) is 0 Å². The van der Waals surface area contributed by atoms with Crippen molar-refractivity contribution in [1.82, 2.24) is 5.32 Å². The highest BCUT2D eigenvalue weighted by Gasteiger charge is 2.36. The molecule has 1 saturated carbocycles. The maximum atomic E-state index is 12.8. The minimum atomic E-state index is -4.35. The molecule has 1 saturated heterocycles. The van der Waals surface area contributed by atoms with Crippen molar-refractivity contribution in [1.29, 1.82) is 0 Å². The van der Waals surface area contributed by atoms with E-state index in [0.29, 0.717) is 16.7 Å². The van der Waals surface area contributed by atoms with E-state index in [1.54, 1.807) is 11.0 Å². The first-order valence-electron chi connectivity index (χ1n) is 9.89. The number of rotatable bonds is 4. The van der Waals surface area contributed by atoms with Gasteiger partial charge >= 0.3 is 6.18 Å². The topological polar surface area (TPSA) is 28.5 Å². The Morgan fingerprint density at radius 1 is 1.22 bits per heavy atom. The Morgan fingerprint density at radius 3 is 2.74 bits per heavy atom. The van der Waals surface area contributed by atoms with Gasteiger partial charge in [-0.05, 0) is 49.7 Å². The van der Waals surface area contributed by atoms with Gasteiger partial charge in [-0.3, -0.25) is 0 Å². The fraction of sp³-hybridized carbons (Fsp3) is 0.650. The Bertz CT molecular complexity index is 650. The summed E-state index contributed by atoms with van der Waals surface area (Å²) < 4.78 is 38.4. The molecule has 4 unspecified atom stereocenters. The average Bonchev–Trinajstić information content (AvgIpc) is 3.09. The summed E-state index contributed by atoms with van der Waals surface area (Å²) in [7, 11) is 0. The predicted molar refractivity (Wildman–Crippen MR) is 106 cm³/mol. The first kappa shape index (κ1) is 20.4. The summed E-state index contributed by atoms with van der Waals surface area (Å²) in [6, 6.07) is 5.91. The van der Waals surface area contributed by atoms with Crippen molar-refractivity contribution in [2.75, 3.05) is 25.0 Å². The third kappa shape index (κ3) is 5.57. The van der Waals surface area contributed by atoms with Crippen LogP contribution >= 0.6 is 12.2 Å². The summed E-state index contributed by atoms with van der Waals surface area (Å²) in [5, 5.41) is 6.45. The minimum absolute atomic E-state index is 0.358. The lowest BCUT2D eigenvalue weighted by Crippen LogP contribution is -3.15. The van der Waals surface area contributed by atoms with Crippen LogP contribution in [0.25, 0.3) is 0 Å². The van der Waals surface area contributed by atoms with Gasteiger partial charge in [0.05, 0.1) is 24.7 Å². The van der Waals surface area contributed by atoms with E-state index >= 15 is 0 Å². The number of anilines is 1. The lowest BCUT2D eigenvalue weighted by Gasteiger charge is -2.33. The highest BCUT2D eigenvalue weighted by Crippen LogP contribution is 2.30. The van der Waals surface area contributed by atoms with Crippen LogP contribution in [0, 0.1) is 11.8 Å². The monoisotopic (exact) mass is 400 g/mol. The molecule has 3 N–H and O–H groups in total. The van der Waals surface area contributed by atoms with Crippen molar-refractivity contribution in [3.05, 3.63) is 29.8 Å². The van der Waals surface area contributed by atoms with E-state index in [2.05, 4.69) is 17.6 Å². The highest BCUT2D eigenvalue weighted by atomic mass is 32.1. The van der Waals surface area contributed by atoms with E-state index in [0.717, 1.165) is 37.2 Å². The Morgan fingerprint density at radius 2 is 2.00 bits per heavy atom. The summed E-state index contributed by atoms with van der Waals surface area (Å²) >= 11 is 5.27. The van der Waals surface area contributed by atoms with Crippen molar-refractivity contribution in [3.8, 4) is 0 Å². The van der Waals surface area contributed by atoms with Crippen LogP contribution in [0.15, 0.2) is 24.3 Å². The van der Waals surface area contributed by atoms with E-state index in [4.69, 9.17) is 12.2 Å². The van der Waals surface area contributed by atoms with Crippen molar-refractivity contribution in [2.45, 2.75) is 51.2 Å². The molecule has 3 nitrogen and oxygen atoms in total. The Labute approximate surface area is 164 Å². The summed E-state index contributed by atoms with van der Waals surface area (Å²) in [6.07, 6.45) is 2.24. The number of hydrogen-bond acceptors (Lipinski definition) is 1. The molecule has 2 fully saturated rings. The maximum Gasteiger partial charge on any atom is 0.416 e.